The number of carbonyl (C=O) groups excluding carboxylic acids is 2. The number of hydrogen-bond donors (Lipinski definition) is 1. The van der Waals surface area contributed by atoms with Crippen LogP contribution in [0.25, 0.3) is 16.9 Å². The molecular formula is C28H24F3N4O8S+. The van der Waals surface area contributed by atoms with Crippen LogP contribution in [0.4, 0.5) is 13.2 Å². The van der Waals surface area contributed by atoms with Crippen LogP contribution in [0.15, 0.2) is 89.8 Å². The molecule has 1 amide bonds. The van der Waals surface area contributed by atoms with Crippen LogP contribution in [0.1, 0.15) is 29.8 Å². The number of ether oxygens (including phenoxy) is 1. The fraction of sp³-hybridized carbons (Fsp3) is 0.179. The number of nitrogens with one attached hydrogen (secondary N) is 1. The Labute approximate surface area is 248 Å². The number of carbonyl (C=O) groups is 2. The van der Waals surface area contributed by atoms with Crippen molar-refractivity contribution in [2.24, 2.45) is 0 Å². The molecule has 0 spiro atoms. The lowest BCUT2D eigenvalue weighted by molar-refractivity contribution is -0.767. The van der Waals surface area contributed by atoms with Crippen LogP contribution in [0.5, 0.6) is 0 Å². The molecule has 0 saturated heterocycles. The van der Waals surface area contributed by atoms with Gasteiger partial charge in [-0.25, -0.2) is 13.2 Å². The van der Waals surface area contributed by atoms with E-state index in [4.69, 9.17) is 4.74 Å². The smallest absolute Gasteiger partial charge is 0.436 e. The normalized spacial score (nSPS) is 12.3. The lowest BCUT2D eigenvalue weighted by Crippen LogP contribution is -2.39. The highest BCUT2D eigenvalue weighted by Gasteiger charge is 2.38. The maximum atomic E-state index is 13.6. The average molecular weight is 634 g/mol. The van der Waals surface area contributed by atoms with Crippen molar-refractivity contribution in [1.82, 2.24) is 9.40 Å². The number of alkyl halides is 3. The number of rotatable bonds is 10. The Bertz CT molecular complexity index is 1780. The van der Waals surface area contributed by atoms with Gasteiger partial charge in [-0.05, 0) is 36.8 Å². The standard InChI is InChI=1S/C28H23F3N4O8S/c1-18-8-10-20(11-9-18)24-16-25(28(29,30)31)32-34(24)22-12-14-23(15-13-22)44(40,41)33(19(2)36)17-42-27(37)26(43-35(38)39)21-6-4-3-5-7-21/h3-16,26H,17H2,1-2H3/p+1. The molecule has 0 radical (unpaired) electrons. The molecule has 1 aromatic heterocycles. The largest absolute Gasteiger partial charge is 0.441 e. The van der Waals surface area contributed by atoms with Crippen LogP contribution < -0.4 is 4.68 Å². The van der Waals surface area contributed by atoms with E-state index in [1.807, 2.05) is 6.92 Å². The second-order valence-electron chi connectivity index (χ2n) is 9.33. The topological polar surface area (TPSA) is 153 Å². The minimum absolute atomic E-state index is 0.0440. The van der Waals surface area contributed by atoms with E-state index in [0.29, 0.717) is 5.56 Å². The predicted octanol–water partition coefficient (Wildman–Crippen LogP) is 4.27. The first-order valence-electron chi connectivity index (χ1n) is 12.6. The van der Waals surface area contributed by atoms with E-state index in [9.17, 15) is 41.3 Å². The molecule has 1 atom stereocenters. The van der Waals surface area contributed by atoms with Crippen molar-refractivity contribution in [3.05, 3.63) is 112 Å². The summed E-state index contributed by atoms with van der Waals surface area (Å²) in [6.45, 7) is 1.58. The molecule has 0 saturated carbocycles. The minimum atomic E-state index is -4.70. The SMILES string of the molecule is CC(=O)N(COC(=O)C(O[N+](=O)[O-])c1ccccc1)S(=O)(=O)c1ccc(-[n+]2[nH]c(C(F)(F)F)cc2-c2ccc(C)cc2)cc1. The zero-order chi connectivity index (χ0) is 32.2. The van der Waals surface area contributed by atoms with E-state index < -0.39 is 56.6 Å². The Balaban J connectivity index is 1.61. The van der Waals surface area contributed by atoms with Gasteiger partial charge in [-0.3, -0.25) is 9.63 Å². The molecule has 0 aliphatic heterocycles. The molecule has 0 aliphatic carbocycles. The highest BCUT2D eigenvalue weighted by atomic mass is 32.2. The van der Waals surface area contributed by atoms with Crippen molar-refractivity contribution < 1.29 is 50.5 Å². The lowest BCUT2D eigenvalue weighted by atomic mass is 10.1. The van der Waals surface area contributed by atoms with Crippen LogP contribution in [-0.4, -0.2) is 41.5 Å². The molecule has 1 unspecified atom stereocenters. The number of hydrogen-bond acceptors (Lipinski definition) is 8. The van der Waals surface area contributed by atoms with E-state index in [0.717, 1.165) is 35.4 Å². The van der Waals surface area contributed by atoms with E-state index in [2.05, 4.69) is 9.94 Å². The maximum absolute atomic E-state index is 13.6. The Morgan fingerprint density at radius 2 is 1.64 bits per heavy atom. The molecule has 1 heterocycles. The van der Waals surface area contributed by atoms with Gasteiger partial charge in [0.25, 0.3) is 15.1 Å². The summed E-state index contributed by atoms with van der Waals surface area (Å²) in [6.07, 6.45) is -6.55. The zero-order valence-electron chi connectivity index (χ0n) is 23.0. The van der Waals surface area contributed by atoms with Gasteiger partial charge in [-0.2, -0.15) is 22.6 Å². The van der Waals surface area contributed by atoms with Crippen molar-refractivity contribution in [3.63, 3.8) is 0 Å². The number of halogens is 3. The number of aromatic nitrogens is 2. The minimum Gasteiger partial charge on any atom is -0.441 e. The molecule has 44 heavy (non-hydrogen) atoms. The second kappa shape index (κ2) is 12.5. The summed E-state index contributed by atoms with van der Waals surface area (Å²) in [6, 6.07) is 19.5. The van der Waals surface area contributed by atoms with Gasteiger partial charge in [0.05, 0.1) is 4.90 Å². The van der Waals surface area contributed by atoms with E-state index in [1.54, 1.807) is 30.3 Å². The lowest BCUT2D eigenvalue weighted by Gasteiger charge is -2.22. The molecule has 4 aromatic rings. The Hall–Kier alpha value is -5.25. The van der Waals surface area contributed by atoms with Crippen LogP contribution in [0.2, 0.25) is 0 Å². The summed E-state index contributed by atoms with van der Waals surface area (Å²) in [7, 11) is -4.66. The first-order valence-corrected chi connectivity index (χ1v) is 14.1. The third-order valence-corrected chi connectivity index (χ3v) is 8.08. The molecule has 3 aromatic carbocycles. The Kier molecular flexibility index (Phi) is 9.03. The van der Waals surface area contributed by atoms with Crippen molar-refractivity contribution in [3.8, 4) is 16.9 Å². The van der Waals surface area contributed by atoms with Gasteiger partial charge in [0.15, 0.2) is 12.4 Å². The first kappa shape index (κ1) is 31.7. The number of esters is 1. The number of nitrogens with zero attached hydrogens (tertiary/aromatic N) is 3. The number of sulfonamides is 1. The Morgan fingerprint density at radius 3 is 2.18 bits per heavy atom. The van der Waals surface area contributed by atoms with Crippen molar-refractivity contribution in [2.75, 3.05) is 6.73 Å². The fourth-order valence-corrected chi connectivity index (χ4v) is 5.34. The quantitative estimate of drug-likeness (QED) is 0.0894. The number of benzene rings is 3. The number of amides is 1. The van der Waals surface area contributed by atoms with Gasteiger partial charge in [-0.15, -0.1) is 10.1 Å². The van der Waals surface area contributed by atoms with Crippen LogP contribution in [0.3, 0.4) is 0 Å². The van der Waals surface area contributed by atoms with E-state index in [-0.39, 0.29) is 21.2 Å². The molecular weight excluding hydrogens is 609 g/mol. The molecule has 0 bridgehead atoms. The van der Waals surface area contributed by atoms with Gasteiger partial charge < -0.3 is 4.74 Å². The van der Waals surface area contributed by atoms with Crippen LogP contribution >= 0.6 is 0 Å². The summed E-state index contributed by atoms with van der Waals surface area (Å²) < 4.78 is 73.6. The van der Waals surface area contributed by atoms with Crippen LogP contribution in [0, 0.1) is 17.0 Å². The van der Waals surface area contributed by atoms with Gasteiger partial charge in [-0.1, -0.05) is 52.7 Å². The fourth-order valence-electron chi connectivity index (χ4n) is 4.08. The number of H-pyrrole nitrogens is 1. The molecule has 12 nitrogen and oxygen atoms in total. The summed E-state index contributed by atoms with van der Waals surface area (Å²) >= 11 is 0. The van der Waals surface area contributed by atoms with Crippen molar-refractivity contribution in [1.29, 1.82) is 0 Å². The highest BCUT2D eigenvalue weighted by Crippen LogP contribution is 2.31. The molecule has 0 fully saturated rings. The second-order valence-corrected chi connectivity index (χ2v) is 11.2. The Morgan fingerprint density at radius 1 is 1.02 bits per heavy atom. The van der Waals surface area contributed by atoms with Gasteiger partial charge in [0.1, 0.15) is 0 Å². The summed E-state index contributed by atoms with van der Waals surface area (Å²) in [5.74, 6) is -2.39. The molecule has 0 aliphatic rings. The third kappa shape index (κ3) is 7.03. The summed E-state index contributed by atoms with van der Waals surface area (Å²) in [5.41, 5.74) is 0.641. The predicted molar refractivity (Wildman–Crippen MR) is 145 cm³/mol. The summed E-state index contributed by atoms with van der Waals surface area (Å²) in [4.78, 5) is 39.8. The molecule has 16 heteroatoms. The number of aromatic amines is 1. The zero-order valence-corrected chi connectivity index (χ0v) is 23.8. The molecule has 1 N–H and O–H groups in total. The maximum Gasteiger partial charge on any atom is 0.436 e. The molecule has 230 valence electrons. The van der Waals surface area contributed by atoms with E-state index >= 15 is 0 Å². The van der Waals surface area contributed by atoms with Gasteiger partial charge >= 0.3 is 12.1 Å². The first-order chi connectivity index (χ1) is 20.7. The number of aryl methyl sites for hydroxylation is 1. The molecule has 4 rings (SSSR count). The highest BCUT2D eigenvalue weighted by molar-refractivity contribution is 7.89. The van der Waals surface area contributed by atoms with E-state index in [1.165, 1.54) is 36.4 Å². The van der Waals surface area contributed by atoms with Gasteiger partial charge in [0, 0.05) is 30.7 Å². The van der Waals surface area contributed by atoms with Crippen molar-refractivity contribution >= 4 is 21.9 Å². The van der Waals surface area contributed by atoms with Crippen molar-refractivity contribution in [2.45, 2.75) is 31.0 Å². The monoisotopic (exact) mass is 633 g/mol. The third-order valence-electron chi connectivity index (χ3n) is 6.27. The van der Waals surface area contributed by atoms with Crippen LogP contribution in [-0.2, 0) is 35.4 Å². The average Bonchev–Trinajstić information content (AvgIpc) is 3.43. The van der Waals surface area contributed by atoms with Gasteiger partial charge in [0.2, 0.25) is 23.4 Å². The summed E-state index contributed by atoms with van der Waals surface area (Å²) in [5, 5.41) is 12.0.